The van der Waals surface area contributed by atoms with Gasteiger partial charge in [0, 0.05) is 4.88 Å². The van der Waals surface area contributed by atoms with Gasteiger partial charge >= 0.3 is 0 Å². The van der Waals surface area contributed by atoms with Crippen LogP contribution < -0.4 is 0 Å². The lowest BCUT2D eigenvalue weighted by Gasteiger charge is -2.15. The average Bonchev–Trinajstić information content (AvgIpc) is 2.67. The maximum Gasteiger partial charge on any atom is 0.102 e. The fourth-order valence-corrected chi connectivity index (χ4v) is 2.49. The van der Waals surface area contributed by atoms with Crippen molar-refractivity contribution in [1.29, 1.82) is 5.26 Å². The molecule has 1 aromatic heterocycles. The average molecular weight is 190 g/mol. The van der Waals surface area contributed by atoms with Gasteiger partial charge in [-0.1, -0.05) is 12.2 Å². The van der Waals surface area contributed by atoms with Crippen LogP contribution in [0, 0.1) is 11.3 Å². The Hall–Kier alpha value is -1.14. The van der Waals surface area contributed by atoms with Gasteiger partial charge in [0.25, 0.3) is 0 Å². The molecule has 1 unspecified atom stereocenters. The molecule has 2 nitrogen and oxygen atoms in total. The highest BCUT2D eigenvalue weighted by molar-refractivity contribution is 7.06. The Balaban J connectivity index is 2.25. The first-order chi connectivity index (χ1) is 6.42. The van der Waals surface area contributed by atoms with E-state index in [1.165, 1.54) is 16.4 Å². The highest BCUT2D eigenvalue weighted by Gasteiger charge is 2.17. The van der Waals surface area contributed by atoms with E-state index in [2.05, 4.69) is 22.6 Å². The van der Waals surface area contributed by atoms with E-state index in [1.54, 1.807) is 6.20 Å². The molecule has 0 radical (unpaired) electrons. The Morgan fingerprint density at radius 1 is 1.54 bits per heavy atom. The SMILES string of the molecule is N#Cc1cnsc1C1CC=CCC1. The number of aromatic nitrogens is 1. The molecule has 1 atom stereocenters. The molecule has 0 bridgehead atoms. The number of hydrogen-bond acceptors (Lipinski definition) is 3. The van der Waals surface area contributed by atoms with E-state index in [1.807, 2.05) is 0 Å². The van der Waals surface area contributed by atoms with Gasteiger partial charge in [-0.15, -0.1) is 0 Å². The third-order valence-electron chi connectivity index (χ3n) is 2.36. The van der Waals surface area contributed by atoms with Crippen molar-refractivity contribution >= 4 is 11.5 Å². The Morgan fingerprint density at radius 2 is 2.46 bits per heavy atom. The van der Waals surface area contributed by atoms with E-state index in [-0.39, 0.29) is 0 Å². The van der Waals surface area contributed by atoms with Gasteiger partial charge in [-0.05, 0) is 36.7 Å². The molecule has 2 rings (SSSR count). The summed E-state index contributed by atoms with van der Waals surface area (Å²) in [5.41, 5.74) is 0.769. The lowest BCUT2D eigenvalue weighted by molar-refractivity contribution is 0.626. The maximum absolute atomic E-state index is 8.84. The van der Waals surface area contributed by atoms with E-state index in [0.717, 1.165) is 24.8 Å². The smallest absolute Gasteiger partial charge is 0.102 e. The molecule has 0 aromatic carbocycles. The molecule has 1 aliphatic carbocycles. The Morgan fingerprint density at radius 3 is 3.15 bits per heavy atom. The van der Waals surface area contributed by atoms with Crippen molar-refractivity contribution in [2.45, 2.75) is 25.2 Å². The molecule has 66 valence electrons. The van der Waals surface area contributed by atoms with E-state index < -0.39 is 0 Å². The largest absolute Gasteiger partial charge is 0.199 e. The molecular weight excluding hydrogens is 180 g/mol. The Kier molecular flexibility index (Phi) is 2.42. The monoisotopic (exact) mass is 190 g/mol. The van der Waals surface area contributed by atoms with Crippen LogP contribution >= 0.6 is 11.5 Å². The lowest BCUT2D eigenvalue weighted by Crippen LogP contribution is -1.99. The van der Waals surface area contributed by atoms with Crippen LogP contribution in [0.2, 0.25) is 0 Å². The van der Waals surface area contributed by atoms with Crippen molar-refractivity contribution in [2.24, 2.45) is 0 Å². The summed E-state index contributed by atoms with van der Waals surface area (Å²) in [6, 6.07) is 2.20. The minimum Gasteiger partial charge on any atom is -0.199 e. The number of rotatable bonds is 1. The molecule has 0 saturated heterocycles. The summed E-state index contributed by atoms with van der Waals surface area (Å²) in [4.78, 5) is 1.17. The van der Waals surface area contributed by atoms with Crippen LogP contribution in [0.25, 0.3) is 0 Å². The van der Waals surface area contributed by atoms with E-state index in [9.17, 15) is 0 Å². The van der Waals surface area contributed by atoms with Crippen molar-refractivity contribution in [3.8, 4) is 6.07 Å². The summed E-state index contributed by atoms with van der Waals surface area (Å²) < 4.78 is 4.06. The zero-order chi connectivity index (χ0) is 9.10. The van der Waals surface area contributed by atoms with Gasteiger partial charge < -0.3 is 0 Å². The summed E-state index contributed by atoms with van der Waals surface area (Å²) in [6.45, 7) is 0. The predicted molar refractivity (Wildman–Crippen MR) is 52.6 cm³/mol. The van der Waals surface area contributed by atoms with E-state index in [0.29, 0.717) is 5.92 Å². The first kappa shape index (κ1) is 8.46. The van der Waals surface area contributed by atoms with Crippen molar-refractivity contribution in [3.05, 3.63) is 28.8 Å². The fraction of sp³-hybridized carbons (Fsp3) is 0.400. The molecule has 0 saturated carbocycles. The van der Waals surface area contributed by atoms with Crippen LogP contribution in [0.3, 0.4) is 0 Å². The third kappa shape index (κ3) is 1.63. The van der Waals surface area contributed by atoms with Crippen LogP contribution in [0.4, 0.5) is 0 Å². The lowest BCUT2D eigenvalue weighted by atomic mass is 9.91. The quantitative estimate of drug-likeness (QED) is 0.638. The molecule has 1 aliphatic rings. The molecule has 0 aliphatic heterocycles. The molecule has 0 spiro atoms. The number of hydrogen-bond donors (Lipinski definition) is 0. The standard InChI is InChI=1S/C10H10N2S/c11-6-9-7-12-13-10(9)8-4-2-1-3-5-8/h1-2,7-8H,3-5H2. The maximum atomic E-state index is 8.84. The van der Waals surface area contributed by atoms with Crippen molar-refractivity contribution in [2.75, 3.05) is 0 Å². The summed E-state index contributed by atoms with van der Waals surface area (Å²) in [5.74, 6) is 0.534. The first-order valence-electron chi connectivity index (χ1n) is 4.41. The zero-order valence-corrected chi connectivity index (χ0v) is 8.05. The van der Waals surface area contributed by atoms with Crippen molar-refractivity contribution < 1.29 is 0 Å². The molecule has 0 N–H and O–H groups in total. The molecule has 0 amide bonds. The molecule has 0 fully saturated rings. The molecule has 3 heteroatoms. The fourth-order valence-electron chi connectivity index (χ4n) is 1.66. The van der Waals surface area contributed by atoms with Crippen molar-refractivity contribution in [1.82, 2.24) is 4.37 Å². The minimum absolute atomic E-state index is 0.534. The first-order valence-corrected chi connectivity index (χ1v) is 5.19. The minimum atomic E-state index is 0.534. The van der Waals surface area contributed by atoms with Gasteiger partial charge in [0.15, 0.2) is 0 Å². The van der Waals surface area contributed by atoms with Crippen LogP contribution in [0.15, 0.2) is 18.3 Å². The summed E-state index contributed by atoms with van der Waals surface area (Å²) >= 11 is 1.47. The van der Waals surface area contributed by atoms with Gasteiger partial charge in [-0.3, -0.25) is 0 Å². The van der Waals surface area contributed by atoms with Gasteiger partial charge in [-0.2, -0.15) is 9.64 Å². The van der Waals surface area contributed by atoms with Crippen LogP contribution in [0.1, 0.15) is 35.6 Å². The predicted octanol–water partition coefficient (Wildman–Crippen LogP) is 2.84. The summed E-state index contributed by atoms with van der Waals surface area (Å²) in [5, 5.41) is 8.84. The highest BCUT2D eigenvalue weighted by Crippen LogP contribution is 2.33. The number of allylic oxidation sites excluding steroid dienone is 2. The highest BCUT2D eigenvalue weighted by atomic mass is 32.1. The summed E-state index contributed by atoms with van der Waals surface area (Å²) in [6.07, 6.45) is 9.45. The molecule has 1 aromatic rings. The third-order valence-corrected chi connectivity index (χ3v) is 3.32. The van der Waals surface area contributed by atoms with Crippen LogP contribution in [-0.2, 0) is 0 Å². The van der Waals surface area contributed by atoms with E-state index in [4.69, 9.17) is 5.26 Å². The second kappa shape index (κ2) is 3.71. The Bertz CT molecular complexity index is 359. The van der Waals surface area contributed by atoms with E-state index >= 15 is 0 Å². The Labute approximate surface area is 81.7 Å². The zero-order valence-electron chi connectivity index (χ0n) is 7.23. The molecule has 13 heavy (non-hydrogen) atoms. The normalized spacial score (nSPS) is 21.3. The van der Waals surface area contributed by atoms with Gasteiger partial charge in [-0.25, -0.2) is 0 Å². The summed E-state index contributed by atoms with van der Waals surface area (Å²) in [7, 11) is 0. The van der Waals surface area contributed by atoms with Gasteiger partial charge in [0.2, 0.25) is 0 Å². The van der Waals surface area contributed by atoms with Crippen LogP contribution in [0.5, 0.6) is 0 Å². The number of nitriles is 1. The molecule has 1 heterocycles. The topological polar surface area (TPSA) is 36.7 Å². The van der Waals surface area contributed by atoms with Crippen LogP contribution in [-0.4, -0.2) is 4.37 Å². The second-order valence-electron chi connectivity index (χ2n) is 3.20. The van der Waals surface area contributed by atoms with Gasteiger partial charge in [0.05, 0.1) is 11.8 Å². The second-order valence-corrected chi connectivity index (χ2v) is 4.03. The van der Waals surface area contributed by atoms with Gasteiger partial charge in [0.1, 0.15) is 6.07 Å². The number of nitrogens with zero attached hydrogens (tertiary/aromatic N) is 2. The van der Waals surface area contributed by atoms with Crippen molar-refractivity contribution in [3.63, 3.8) is 0 Å². The molecular formula is C10H10N2S.